The first-order chi connectivity index (χ1) is 10.8. The van der Waals surface area contributed by atoms with Gasteiger partial charge in [0.05, 0.1) is 0 Å². The standard InChI is InChI=1S/C20H16FO/c1-22-20(16-9-4-2-5-10-16,17-11-6-3-7-12-17)18-13-8-14-19(21)15-18/h2-12,14-15H,1H3. The van der Waals surface area contributed by atoms with E-state index >= 15 is 0 Å². The van der Waals surface area contributed by atoms with Crippen molar-refractivity contribution in [3.05, 3.63) is 107 Å². The first-order valence-electron chi connectivity index (χ1n) is 7.11. The quantitative estimate of drug-likeness (QED) is 0.640. The topological polar surface area (TPSA) is 9.23 Å². The van der Waals surface area contributed by atoms with Crippen molar-refractivity contribution >= 4 is 0 Å². The summed E-state index contributed by atoms with van der Waals surface area (Å²) in [6.07, 6.45) is 0. The van der Waals surface area contributed by atoms with E-state index in [2.05, 4.69) is 6.07 Å². The maximum atomic E-state index is 13.8. The summed E-state index contributed by atoms with van der Waals surface area (Å²) in [5.41, 5.74) is 1.63. The Hall–Kier alpha value is -2.45. The van der Waals surface area contributed by atoms with Crippen molar-refractivity contribution in [3.63, 3.8) is 0 Å². The maximum absolute atomic E-state index is 13.8. The lowest BCUT2D eigenvalue weighted by atomic mass is 9.80. The molecule has 0 spiro atoms. The number of hydrogen-bond donors (Lipinski definition) is 0. The fourth-order valence-corrected chi connectivity index (χ4v) is 2.81. The molecule has 0 amide bonds. The SMILES string of the molecule is COC(c1[c]ccc(F)c1)(c1ccccc1)c1ccccc1. The number of ether oxygens (including phenoxy) is 1. The predicted molar refractivity (Wildman–Crippen MR) is 85.0 cm³/mol. The second-order valence-corrected chi connectivity index (χ2v) is 5.04. The predicted octanol–water partition coefficient (Wildman–Crippen LogP) is 4.56. The van der Waals surface area contributed by atoms with Crippen molar-refractivity contribution in [1.82, 2.24) is 0 Å². The molecule has 0 N–H and O–H groups in total. The summed E-state index contributed by atoms with van der Waals surface area (Å²) in [5, 5.41) is 0. The van der Waals surface area contributed by atoms with Crippen LogP contribution in [0.3, 0.4) is 0 Å². The van der Waals surface area contributed by atoms with E-state index in [1.807, 2.05) is 60.7 Å². The first kappa shape index (κ1) is 14.5. The molecule has 0 aromatic heterocycles. The second-order valence-electron chi connectivity index (χ2n) is 5.04. The van der Waals surface area contributed by atoms with Crippen LogP contribution in [0.1, 0.15) is 16.7 Å². The molecule has 1 radical (unpaired) electrons. The van der Waals surface area contributed by atoms with E-state index in [0.717, 1.165) is 11.1 Å². The van der Waals surface area contributed by atoms with Crippen LogP contribution >= 0.6 is 0 Å². The van der Waals surface area contributed by atoms with Gasteiger partial charge in [0.25, 0.3) is 0 Å². The largest absolute Gasteiger partial charge is 0.364 e. The second kappa shape index (κ2) is 6.12. The smallest absolute Gasteiger partial charge is 0.144 e. The highest BCUT2D eigenvalue weighted by Gasteiger charge is 2.36. The van der Waals surface area contributed by atoms with Crippen molar-refractivity contribution < 1.29 is 9.13 Å². The summed E-state index contributed by atoms with van der Waals surface area (Å²) in [4.78, 5) is 0. The Bertz CT molecular complexity index is 698. The van der Waals surface area contributed by atoms with Gasteiger partial charge in [-0.25, -0.2) is 4.39 Å². The van der Waals surface area contributed by atoms with Crippen LogP contribution in [-0.2, 0) is 10.3 Å². The van der Waals surface area contributed by atoms with Crippen LogP contribution < -0.4 is 0 Å². The number of rotatable bonds is 4. The summed E-state index contributed by atoms with van der Waals surface area (Å²) in [5.74, 6) is -0.304. The lowest BCUT2D eigenvalue weighted by molar-refractivity contribution is 0.0580. The lowest BCUT2D eigenvalue weighted by Crippen LogP contribution is -2.31. The molecule has 0 heterocycles. The monoisotopic (exact) mass is 291 g/mol. The van der Waals surface area contributed by atoms with Crippen molar-refractivity contribution in [2.75, 3.05) is 7.11 Å². The average molecular weight is 291 g/mol. The van der Waals surface area contributed by atoms with Gasteiger partial charge < -0.3 is 4.74 Å². The highest BCUT2D eigenvalue weighted by Crippen LogP contribution is 2.39. The normalized spacial score (nSPS) is 11.4. The molecular formula is C20H16FO. The lowest BCUT2D eigenvalue weighted by Gasteiger charge is -2.34. The minimum Gasteiger partial charge on any atom is -0.364 e. The van der Waals surface area contributed by atoms with Crippen molar-refractivity contribution in [2.45, 2.75) is 5.60 Å². The van der Waals surface area contributed by atoms with Crippen LogP contribution in [0, 0.1) is 11.9 Å². The van der Waals surface area contributed by atoms with E-state index in [-0.39, 0.29) is 5.82 Å². The van der Waals surface area contributed by atoms with Gasteiger partial charge in [0, 0.05) is 12.7 Å². The summed E-state index contributed by atoms with van der Waals surface area (Å²) in [7, 11) is 1.64. The summed E-state index contributed by atoms with van der Waals surface area (Å²) >= 11 is 0. The average Bonchev–Trinajstić information content (AvgIpc) is 2.58. The van der Waals surface area contributed by atoms with Crippen LogP contribution in [0.15, 0.2) is 78.9 Å². The fraction of sp³-hybridized carbons (Fsp3) is 0.100. The maximum Gasteiger partial charge on any atom is 0.144 e. The van der Waals surface area contributed by atoms with Crippen LogP contribution in [-0.4, -0.2) is 7.11 Å². The van der Waals surface area contributed by atoms with Crippen LogP contribution in [0.25, 0.3) is 0 Å². The highest BCUT2D eigenvalue weighted by molar-refractivity contribution is 5.47. The zero-order valence-electron chi connectivity index (χ0n) is 12.3. The van der Waals surface area contributed by atoms with Gasteiger partial charge in [0.15, 0.2) is 0 Å². The van der Waals surface area contributed by atoms with Crippen LogP contribution in [0.4, 0.5) is 4.39 Å². The van der Waals surface area contributed by atoms with Gasteiger partial charge in [-0.05, 0) is 29.3 Å². The van der Waals surface area contributed by atoms with E-state index in [1.54, 1.807) is 13.2 Å². The van der Waals surface area contributed by atoms with Gasteiger partial charge in [0.2, 0.25) is 0 Å². The molecule has 0 unspecified atom stereocenters. The third kappa shape index (κ3) is 2.42. The van der Waals surface area contributed by atoms with E-state index in [9.17, 15) is 4.39 Å². The molecule has 0 bridgehead atoms. The number of methoxy groups -OCH3 is 1. The molecule has 0 saturated heterocycles. The van der Waals surface area contributed by atoms with Gasteiger partial charge in [-0.15, -0.1) is 0 Å². The highest BCUT2D eigenvalue weighted by atomic mass is 19.1. The fourth-order valence-electron chi connectivity index (χ4n) is 2.81. The molecule has 3 aromatic rings. The van der Waals surface area contributed by atoms with Crippen LogP contribution in [0.5, 0.6) is 0 Å². The van der Waals surface area contributed by atoms with Crippen LogP contribution in [0.2, 0.25) is 0 Å². The summed E-state index contributed by atoms with van der Waals surface area (Å²) in [6.45, 7) is 0. The Morgan fingerprint density at radius 2 is 1.41 bits per heavy atom. The number of hydrogen-bond acceptors (Lipinski definition) is 1. The molecule has 109 valence electrons. The Balaban J connectivity index is 2.31. The minimum atomic E-state index is -0.884. The summed E-state index contributed by atoms with van der Waals surface area (Å²) in [6, 6.07) is 27.2. The van der Waals surface area contributed by atoms with Gasteiger partial charge in [-0.1, -0.05) is 66.7 Å². The molecule has 22 heavy (non-hydrogen) atoms. The molecule has 0 aliphatic rings. The number of halogens is 1. The van der Waals surface area contributed by atoms with E-state index in [1.165, 1.54) is 12.1 Å². The van der Waals surface area contributed by atoms with Crippen molar-refractivity contribution in [3.8, 4) is 0 Å². The van der Waals surface area contributed by atoms with Gasteiger partial charge >= 0.3 is 0 Å². The molecule has 0 aliphatic heterocycles. The molecule has 0 aliphatic carbocycles. The summed E-state index contributed by atoms with van der Waals surface area (Å²) < 4.78 is 19.7. The zero-order chi connectivity index (χ0) is 15.4. The third-order valence-corrected chi connectivity index (χ3v) is 3.81. The van der Waals surface area contributed by atoms with Crippen molar-refractivity contribution in [1.29, 1.82) is 0 Å². The molecule has 1 nitrogen and oxygen atoms in total. The van der Waals surface area contributed by atoms with E-state index < -0.39 is 5.60 Å². The molecule has 2 heteroatoms. The van der Waals surface area contributed by atoms with E-state index in [4.69, 9.17) is 4.74 Å². The minimum absolute atomic E-state index is 0.304. The van der Waals surface area contributed by atoms with Crippen molar-refractivity contribution in [2.24, 2.45) is 0 Å². The van der Waals surface area contributed by atoms with Gasteiger partial charge in [0.1, 0.15) is 11.4 Å². The molecule has 3 aromatic carbocycles. The molecule has 0 saturated carbocycles. The Kier molecular flexibility index (Phi) is 4.03. The van der Waals surface area contributed by atoms with E-state index in [0.29, 0.717) is 5.56 Å². The van der Waals surface area contributed by atoms with Gasteiger partial charge in [-0.3, -0.25) is 0 Å². The zero-order valence-corrected chi connectivity index (χ0v) is 12.3. The molecule has 3 rings (SSSR count). The third-order valence-electron chi connectivity index (χ3n) is 3.81. The Labute approximate surface area is 130 Å². The molecular weight excluding hydrogens is 275 g/mol. The van der Waals surface area contributed by atoms with Gasteiger partial charge in [-0.2, -0.15) is 0 Å². The first-order valence-corrected chi connectivity index (χ1v) is 7.11. The Morgan fingerprint density at radius 3 is 1.86 bits per heavy atom. The molecule has 0 fully saturated rings. The number of benzene rings is 3. The molecule has 0 atom stereocenters. The Morgan fingerprint density at radius 1 is 0.864 bits per heavy atom.